The van der Waals surface area contributed by atoms with E-state index in [-0.39, 0.29) is 0 Å². The molecule has 2 unspecified atom stereocenters. The highest BCUT2D eigenvalue weighted by Gasteiger charge is 2.31. The smallest absolute Gasteiger partial charge is 0.187 e. The van der Waals surface area contributed by atoms with Gasteiger partial charge in [-0.25, -0.2) is 0 Å². The van der Waals surface area contributed by atoms with Crippen molar-refractivity contribution in [1.29, 1.82) is 0 Å². The van der Waals surface area contributed by atoms with E-state index in [0.29, 0.717) is 24.2 Å². The molecule has 0 spiro atoms. The van der Waals surface area contributed by atoms with E-state index in [4.69, 9.17) is 0 Å². The maximum absolute atomic E-state index is 2.80. The van der Waals surface area contributed by atoms with Crippen molar-refractivity contribution in [2.45, 2.75) is 98.9 Å². The van der Waals surface area contributed by atoms with Crippen LogP contribution in [0.25, 0.3) is 0 Å². The Bertz CT molecular complexity index is 197. The fraction of sp³-hybridized carbons (Fsp3) is 1.00. The highest BCUT2D eigenvalue weighted by atomic mass is 28.3. The molecule has 0 aromatic carbocycles. The van der Waals surface area contributed by atoms with E-state index in [0.717, 1.165) is 0 Å². The summed E-state index contributed by atoms with van der Waals surface area (Å²) in [6, 6.07) is 2.73. The number of nitrogens with zero attached hydrogens (tertiary/aromatic N) is 2. The van der Waals surface area contributed by atoms with Crippen LogP contribution in [0.5, 0.6) is 0 Å². The summed E-state index contributed by atoms with van der Waals surface area (Å²) in [5, 5.41) is 0. The molecule has 0 saturated carbocycles. The summed E-state index contributed by atoms with van der Waals surface area (Å²) in [5.74, 6) is 0. The first-order valence-corrected chi connectivity index (χ1v) is 10.0. The van der Waals surface area contributed by atoms with Gasteiger partial charge in [-0.3, -0.25) is 0 Å². The van der Waals surface area contributed by atoms with Crippen LogP contribution in [0.15, 0.2) is 0 Å². The molecule has 2 atom stereocenters. The SMILES string of the molecule is CCC(C)N(C(C)C)[SiH](C)N(C(C)C)C(C)CC. The van der Waals surface area contributed by atoms with Crippen LogP contribution in [0.4, 0.5) is 0 Å². The van der Waals surface area contributed by atoms with Crippen LogP contribution in [-0.4, -0.2) is 42.4 Å². The minimum Gasteiger partial charge on any atom is -0.309 e. The van der Waals surface area contributed by atoms with Crippen LogP contribution in [0.1, 0.15) is 68.2 Å². The van der Waals surface area contributed by atoms with Gasteiger partial charge in [0.1, 0.15) is 0 Å². The second-order valence-electron chi connectivity index (χ2n) is 6.23. The Morgan fingerprint density at radius 3 is 1.17 bits per heavy atom. The predicted octanol–water partition coefficient (Wildman–Crippen LogP) is 3.85. The molecule has 0 aliphatic rings. The van der Waals surface area contributed by atoms with Gasteiger partial charge in [0.25, 0.3) is 0 Å². The van der Waals surface area contributed by atoms with Crippen LogP contribution < -0.4 is 0 Å². The summed E-state index contributed by atoms with van der Waals surface area (Å²) in [5.41, 5.74) is 0. The summed E-state index contributed by atoms with van der Waals surface area (Å²) >= 11 is 0. The summed E-state index contributed by atoms with van der Waals surface area (Å²) in [4.78, 5) is 0. The molecule has 0 aliphatic carbocycles. The molecule has 18 heavy (non-hydrogen) atoms. The molecule has 0 rings (SSSR count). The zero-order chi connectivity index (χ0) is 14.5. The summed E-state index contributed by atoms with van der Waals surface area (Å²) in [6.45, 7) is 21.3. The Labute approximate surface area is 118 Å². The lowest BCUT2D eigenvalue weighted by molar-refractivity contribution is 0.206. The van der Waals surface area contributed by atoms with Crippen LogP contribution in [0, 0.1) is 0 Å². The van der Waals surface area contributed by atoms with Gasteiger partial charge in [0, 0.05) is 12.1 Å². The molecular weight excluding hydrogens is 236 g/mol. The van der Waals surface area contributed by atoms with Crippen LogP contribution in [0.2, 0.25) is 6.55 Å². The molecule has 0 fully saturated rings. The molecule has 110 valence electrons. The minimum absolute atomic E-state index is 0.659. The molecule has 0 aromatic rings. The van der Waals surface area contributed by atoms with Gasteiger partial charge in [0.2, 0.25) is 0 Å². The molecule has 0 bridgehead atoms. The average molecular weight is 273 g/mol. The van der Waals surface area contributed by atoms with E-state index in [1.807, 2.05) is 0 Å². The molecule has 0 radical (unpaired) electrons. The monoisotopic (exact) mass is 272 g/mol. The fourth-order valence-corrected chi connectivity index (χ4v) is 7.12. The third kappa shape index (κ3) is 4.67. The van der Waals surface area contributed by atoms with Crippen molar-refractivity contribution in [3.8, 4) is 0 Å². The second-order valence-corrected chi connectivity index (χ2v) is 8.68. The van der Waals surface area contributed by atoms with Gasteiger partial charge < -0.3 is 9.13 Å². The topological polar surface area (TPSA) is 6.48 Å². The Balaban J connectivity index is 5.06. The van der Waals surface area contributed by atoms with E-state index in [2.05, 4.69) is 71.1 Å². The van der Waals surface area contributed by atoms with Crippen molar-refractivity contribution in [3.05, 3.63) is 0 Å². The van der Waals surface area contributed by atoms with Crippen molar-refractivity contribution in [3.63, 3.8) is 0 Å². The molecular formula is C15H36N2Si. The van der Waals surface area contributed by atoms with E-state index in [9.17, 15) is 0 Å². The first-order valence-electron chi connectivity index (χ1n) is 7.82. The number of rotatable bonds is 8. The second kappa shape index (κ2) is 8.34. The zero-order valence-corrected chi connectivity index (χ0v) is 15.4. The summed E-state index contributed by atoms with van der Waals surface area (Å²) in [6.07, 6.45) is 2.50. The Hall–Kier alpha value is 0.137. The first-order chi connectivity index (χ1) is 8.27. The Morgan fingerprint density at radius 2 is 1.00 bits per heavy atom. The van der Waals surface area contributed by atoms with Gasteiger partial charge in [-0.15, -0.1) is 0 Å². The van der Waals surface area contributed by atoms with Gasteiger partial charge in [0.05, 0.1) is 0 Å². The molecule has 3 heteroatoms. The van der Waals surface area contributed by atoms with Gasteiger partial charge in [-0.2, -0.15) is 0 Å². The molecule has 0 heterocycles. The van der Waals surface area contributed by atoms with Crippen LogP contribution in [-0.2, 0) is 0 Å². The average Bonchev–Trinajstić information content (AvgIpc) is 2.27. The van der Waals surface area contributed by atoms with E-state index < -0.39 is 9.12 Å². The zero-order valence-electron chi connectivity index (χ0n) is 14.2. The molecule has 0 N–H and O–H groups in total. The molecule has 0 aliphatic heterocycles. The molecule has 0 saturated heterocycles. The Morgan fingerprint density at radius 1 is 0.722 bits per heavy atom. The first kappa shape index (κ1) is 18.1. The highest BCUT2D eigenvalue weighted by molar-refractivity contribution is 6.51. The standard InChI is InChI=1S/C15H36N2Si/c1-10-14(7)16(12(3)4)18(9)17(13(5)6)15(8)11-2/h12-15,18H,10-11H2,1-9H3. The van der Waals surface area contributed by atoms with Gasteiger partial charge in [-0.1, -0.05) is 55.4 Å². The van der Waals surface area contributed by atoms with Crippen LogP contribution in [0.3, 0.4) is 0 Å². The fourth-order valence-electron chi connectivity index (χ4n) is 3.19. The normalized spacial score (nSPS) is 17.8. The lowest BCUT2D eigenvalue weighted by atomic mass is 10.2. The van der Waals surface area contributed by atoms with Gasteiger partial charge >= 0.3 is 0 Å². The van der Waals surface area contributed by atoms with E-state index in [1.165, 1.54) is 12.8 Å². The quantitative estimate of drug-likeness (QED) is 0.619. The van der Waals surface area contributed by atoms with E-state index in [1.54, 1.807) is 0 Å². The molecule has 0 aromatic heterocycles. The van der Waals surface area contributed by atoms with Crippen molar-refractivity contribution >= 4 is 9.12 Å². The van der Waals surface area contributed by atoms with Crippen molar-refractivity contribution in [2.75, 3.05) is 0 Å². The molecule has 2 nitrogen and oxygen atoms in total. The van der Waals surface area contributed by atoms with Crippen molar-refractivity contribution in [2.24, 2.45) is 0 Å². The number of hydrogen-bond donors (Lipinski definition) is 0. The van der Waals surface area contributed by atoms with Crippen molar-refractivity contribution < 1.29 is 0 Å². The lowest BCUT2D eigenvalue weighted by Gasteiger charge is -2.46. The van der Waals surface area contributed by atoms with Gasteiger partial charge in [0.15, 0.2) is 9.12 Å². The van der Waals surface area contributed by atoms with Gasteiger partial charge in [-0.05, 0) is 31.5 Å². The Kier molecular flexibility index (Phi) is 8.40. The predicted molar refractivity (Wildman–Crippen MR) is 86.5 cm³/mol. The molecule has 0 amide bonds. The summed E-state index contributed by atoms with van der Waals surface area (Å²) in [7, 11) is -1.03. The third-order valence-electron chi connectivity index (χ3n) is 4.26. The largest absolute Gasteiger partial charge is 0.309 e. The van der Waals surface area contributed by atoms with Crippen molar-refractivity contribution in [1.82, 2.24) is 9.13 Å². The lowest BCUT2D eigenvalue weighted by Crippen LogP contribution is -2.60. The van der Waals surface area contributed by atoms with Crippen LogP contribution >= 0.6 is 0 Å². The number of hydrogen-bond acceptors (Lipinski definition) is 2. The summed E-state index contributed by atoms with van der Waals surface area (Å²) < 4.78 is 5.60. The highest BCUT2D eigenvalue weighted by Crippen LogP contribution is 2.19. The van der Waals surface area contributed by atoms with E-state index >= 15 is 0 Å². The minimum atomic E-state index is -1.03. The maximum Gasteiger partial charge on any atom is 0.187 e. The maximum atomic E-state index is 2.80. The third-order valence-corrected chi connectivity index (χ3v) is 8.19.